The molecule has 1 saturated heterocycles. The average Bonchev–Trinajstić information content (AvgIpc) is 3.50. The molecule has 5 heteroatoms. The first kappa shape index (κ1) is 23.2. The summed E-state index contributed by atoms with van der Waals surface area (Å²) in [4.78, 5) is 17.9. The van der Waals surface area contributed by atoms with E-state index in [0.717, 1.165) is 34.0 Å². The second-order valence-corrected chi connectivity index (χ2v) is 12.1. The van der Waals surface area contributed by atoms with Gasteiger partial charge in [-0.15, -0.1) is 0 Å². The number of anilines is 1. The molecule has 2 aromatic heterocycles. The van der Waals surface area contributed by atoms with Gasteiger partial charge in [0.2, 0.25) is 5.95 Å². The van der Waals surface area contributed by atoms with Crippen molar-refractivity contribution in [2.45, 2.75) is 44.2 Å². The summed E-state index contributed by atoms with van der Waals surface area (Å²) in [6, 6.07) is 37.6. The maximum atomic E-state index is 5.08. The quantitative estimate of drug-likeness (QED) is 0.230. The van der Waals surface area contributed by atoms with Crippen LogP contribution in [0.5, 0.6) is 0 Å². The van der Waals surface area contributed by atoms with Crippen molar-refractivity contribution in [1.82, 2.24) is 19.5 Å². The highest BCUT2D eigenvalue weighted by Gasteiger charge is 2.48. The van der Waals surface area contributed by atoms with E-state index in [1.54, 1.807) is 0 Å². The fourth-order valence-electron chi connectivity index (χ4n) is 8.13. The Balaban J connectivity index is 1.25. The van der Waals surface area contributed by atoms with E-state index in [1.807, 2.05) is 36.4 Å². The zero-order chi connectivity index (χ0) is 26.9. The van der Waals surface area contributed by atoms with Crippen molar-refractivity contribution < 1.29 is 0 Å². The molecule has 5 nitrogen and oxygen atoms in total. The molecule has 3 bridgehead atoms. The lowest BCUT2D eigenvalue weighted by Crippen LogP contribution is -2.46. The number of benzene rings is 4. The molecule has 4 atom stereocenters. The van der Waals surface area contributed by atoms with Crippen LogP contribution >= 0.6 is 0 Å². The summed E-state index contributed by atoms with van der Waals surface area (Å²) in [6.45, 7) is 0. The zero-order valence-electron chi connectivity index (χ0n) is 22.9. The molecular formula is C36H31N5. The first-order valence-electron chi connectivity index (χ1n) is 15.0. The lowest BCUT2D eigenvalue weighted by atomic mass is 9.78. The summed E-state index contributed by atoms with van der Waals surface area (Å²) < 4.78 is 2.22. The van der Waals surface area contributed by atoms with E-state index in [9.17, 15) is 0 Å². The Hall–Kier alpha value is -4.51. The van der Waals surface area contributed by atoms with E-state index in [0.29, 0.717) is 29.7 Å². The molecule has 41 heavy (non-hydrogen) atoms. The van der Waals surface area contributed by atoms with Gasteiger partial charge in [0.15, 0.2) is 11.6 Å². The third-order valence-corrected chi connectivity index (χ3v) is 9.89. The molecule has 0 amide bonds. The summed E-state index contributed by atoms with van der Waals surface area (Å²) >= 11 is 0. The SMILES string of the molecule is c1ccc(-c2nc(-c3ccccc3)nc(-n3c4ccccc4c4cc(N5C6CCC7CC5CC7C6)ccc43)n2)cc1. The Morgan fingerprint density at radius 3 is 1.93 bits per heavy atom. The first-order chi connectivity index (χ1) is 20.3. The molecule has 0 spiro atoms. The van der Waals surface area contributed by atoms with Crippen LogP contribution in [-0.2, 0) is 0 Å². The molecule has 0 radical (unpaired) electrons. The Kier molecular flexibility index (Phi) is 5.10. The molecule has 2 aliphatic carbocycles. The van der Waals surface area contributed by atoms with E-state index in [2.05, 4.69) is 76.2 Å². The maximum Gasteiger partial charge on any atom is 0.238 e. The summed E-state index contributed by atoms with van der Waals surface area (Å²) in [5, 5.41) is 2.49. The van der Waals surface area contributed by atoms with Crippen LogP contribution in [0.4, 0.5) is 5.69 Å². The van der Waals surface area contributed by atoms with Crippen molar-refractivity contribution >= 4 is 27.5 Å². The minimum absolute atomic E-state index is 0.645. The number of fused-ring (bicyclic) bond motifs is 5. The molecule has 3 heterocycles. The van der Waals surface area contributed by atoms with Crippen molar-refractivity contribution in [1.29, 1.82) is 0 Å². The van der Waals surface area contributed by atoms with Gasteiger partial charge >= 0.3 is 0 Å². The zero-order valence-corrected chi connectivity index (χ0v) is 22.9. The summed E-state index contributed by atoms with van der Waals surface area (Å²) in [5.74, 6) is 3.91. The van der Waals surface area contributed by atoms with E-state index >= 15 is 0 Å². The van der Waals surface area contributed by atoms with Gasteiger partial charge in [-0.1, -0.05) is 78.9 Å². The number of para-hydroxylation sites is 1. The average molecular weight is 534 g/mol. The highest BCUT2D eigenvalue weighted by molar-refractivity contribution is 6.10. The van der Waals surface area contributed by atoms with E-state index in [-0.39, 0.29) is 0 Å². The normalized spacial score (nSPS) is 23.1. The standard InChI is InChI=1S/C36H31N5/c1-3-9-23(10-4-1)34-37-35(24-11-5-2-6-12-24)39-36(38-34)41-32-14-8-7-13-30(32)31-22-28(17-18-33(31)41)40-27-16-15-25-19-29(40)21-26(25)20-27/h1-14,17-18,22,25-27,29H,15-16,19-21H2. The Labute approximate surface area is 239 Å². The van der Waals surface area contributed by atoms with Crippen molar-refractivity contribution in [3.63, 3.8) is 0 Å². The van der Waals surface area contributed by atoms with Gasteiger partial charge in [0.1, 0.15) is 0 Å². The number of piperidine rings is 1. The third-order valence-electron chi connectivity index (χ3n) is 9.89. The second kappa shape index (κ2) is 9.00. The van der Waals surface area contributed by atoms with Gasteiger partial charge in [-0.25, -0.2) is 4.98 Å². The smallest absolute Gasteiger partial charge is 0.238 e. The first-order valence-corrected chi connectivity index (χ1v) is 15.0. The lowest BCUT2D eigenvalue weighted by Gasteiger charge is -2.44. The molecule has 200 valence electrons. The van der Waals surface area contributed by atoms with E-state index in [1.165, 1.54) is 48.6 Å². The Bertz CT molecular complexity index is 1850. The van der Waals surface area contributed by atoms with Crippen LogP contribution in [0.25, 0.3) is 50.5 Å². The van der Waals surface area contributed by atoms with Gasteiger partial charge in [0, 0.05) is 39.7 Å². The molecule has 0 N–H and O–H groups in total. The van der Waals surface area contributed by atoms with Crippen molar-refractivity contribution in [2.75, 3.05) is 4.90 Å². The van der Waals surface area contributed by atoms with Crippen LogP contribution in [-0.4, -0.2) is 31.6 Å². The highest BCUT2D eigenvalue weighted by Crippen LogP contribution is 2.52. The third kappa shape index (κ3) is 3.65. The van der Waals surface area contributed by atoms with Crippen LogP contribution < -0.4 is 4.90 Å². The summed E-state index contributed by atoms with van der Waals surface area (Å²) in [7, 11) is 0. The fraction of sp³-hybridized carbons (Fsp3) is 0.250. The highest BCUT2D eigenvalue weighted by atomic mass is 15.2. The largest absolute Gasteiger partial charge is 0.366 e. The number of rotatable bonds is 4. The lowest BCUT2D eigenvalue weighted by molar-refractivity contribution is 0.234. The number of hydrogen-bond acceptors (Lipinski definition) is 4. The molecule has 1 aliphatic heterocycles. The predicted molar refractivity (Wildman–Crippen MR) is 165 cm³/mol. The van der Waals surface area contributed by atoms with Gasteiger partial charge in [-0.05, 0) is 68.2 Å². The Morgan fingerprint density at radius 2 is 1.17 bits per heavy atom. The minimum Gasteiger partial charge on any atom is -0.366 e. The molecule has 9 rings (SSSR count). The van der Waals surface area contributed by atoms with Crippen LogP contribution in [0.2, 0.25) is 0 Å². The van der Waals surface area contributed by atoms with Crippen LogP contribution in [0.15, 0.2) is 103 Å². The predicted octanol–water partition coefficient (Wildman–Crippen LogP) is 8.07. The topological polar surface area (TPSA) is 46.8 Å². The van der Waals surface area contributed by atoms with Crippen LogP contribution in [0.3, 0.4) is 0 Å². The summed E-state index contributed by atoms with van der Waals surface area (Å²) in [6.07, 6.45) is 6.87. The maximum absolute atomic E-state index is 5.08. The van der Waals surface area contributed by atoms with Crippen LogP contribution in [0, 0.1) is 11.8 Å². The van der Waals surface area contributed by atoms with E-state index in [4.69, 9.17) is 15.0 Å². The minimum atomic E-state index is 0.645. The number of nitrogens with zero attached hydrogens (tertiary/aromatic N) is 5. The molecular weight excluding hydrogens is 502 g/mol. The monoisotopic (exact) mass is 533 g/mol. The molecule has 6 aromatic rings. The van der Waals surface area contributed by atoms with Gasteiger partial charge in [0.25, 0.3) is 0 Å². The van der Waals surface area contributed by atoms with E-state index < -0.39 is 0 Å². The molecule has 4 unspecified atom stereocenters. The molecule has 4 aromatic carbocycles. The second-order valence-electron chi connectivity index (χ2n) is 12.1. The van der Waals surface area contributed by atoms with Crippen molar-refractivity contribution in [3.8, 4) is 28.7 Å². The van der Waals surface area contributed by atoms with Gasteiger partial charge in [0.05, 0.1) is 11.0 Å². The number of aromatic nitrogens is 4. The van der Waals surface area contributed by atoms with Crippen molar-refractivity contribution in [2.24, 2.45) is 11.8 Å². The van der Waals surface area contributed by atoms with Crippen LogP contribution in [0.1, 0.15) is 32.1 Å². The molecule has 3 fully saturated rings. The molecule has 3 aliphatic rings. The number of hydrogen-bond donors (Lipinski definition) is 0. The summed E-state index contributed by atoms with van der Waals surface area (Å²) in [5.41, 5.74) is 5.58. The van der Waals surface area contributed by atoms with Gasteiger partial charge < -0.3 is 4.90 Å². The fourth-order valence-corrected chi connectivity index (χ4v) is 8.13. The van der Waals surface area contributed by atoms with Gasteiger partial charge in [-0.2, -0.15) is 9.97 Å². The Morgan fingerprint density at radius 1 is 0.537 bits per heavy atom. The molecule has 2 saturated carbocycles. The van der Waals surface area contributed by atoms with Gasteiger partial charge in [-0.3, -0.25) is 4.57 Å². The van der Waals surface area contributed by atoms with Crippen molar-refractivity contribution in [3.05, 3.63) is 103 Å².